The molecule has 13 heavy (non-hydrogen) atoms. The van der Waals surface area contributed by atoms with Gasteiger partial charge in [-0.25, -0.2) is 4.39 Å². The Morgan fingerprint density at radius 3 is 2.38 bits per heavy atom. The number of likely N-dealkylation sites (tertiary alicyclic amines) is 1. The molecule has 0 N–H and O–H groups in total. The molecule has 2 heteroatoms. The predicted molar refractivity (Wildman–Crippen MR) is 54.3 cm³/mol. The van der Waals surface area contributed by atoms with Crippen LogP contribution in [0.5, 0.6) is 0 Å². The zero-order valence-electron chi connectivity index (χ0n) is 8.72. The third-order valence-electron chi connectivity index (χ3n) is 2.74. The SMILES string of the molecule is CC(C)/C(=C/F)CN1CCCCC1. The highest BCUT2D eigenvalue weighted by Crippen LogP contribution is 2.15. The van der Waals surface area contributed by atoms with Gasteiger partial charge in [-0.15, -0.1) is 0 Å². The van der Waals surface area contributed by atoms with Crippen molar-refractivity contribution in [3.8, 4) is 0 Å². The van der Waals surface area contributed by atoms with Crippen LogP contribution in [0.4, 0.5) is 4.39 Å². The van der Waals surface area contributed by atoms with Crippen molar-refractivity contribution >= 4 is 0 Å². The summed E-state index contributed by atoms with van der Waals surface area (Å²) < 4.78 is 12.5. The topological polar surface area (TPSA) is 3.24 Å². The summed E-state index contributed by atoms with van der Waals surface area (Å²) in [4.78, 5) is 2.36. The molecular formula is C11H20FN. The molecule has 0 bridgehead atoms. The number of hydrogen-bond acceptors (Lipinski definition) is 1. The first-order valence-electron chi connectivity index (χ1n) is 5.25. The lowest BCUT2D eigenvalue weighted by atomic mass is 10.0. The Balaban J connectivity index is 2.36. The van der Waals surface area contributed by atoms with Gasteiger partial charge in [0.2, 0.25) is 0 Å². The molecule has 0 saturated carbocycles. The number of hydrogen-bond donors (Lipinski definition) is 0. The van der Waals surface area contributed by atoms with Crippen LogP contribution in [0.1, 0.15) is 33.1 Å². The predicted octanol–water partition coefficient (Wildman–Crippen LogP) is 2.98. The molecule has 1 nitrogen and oxygen atoms in total. The Kier molecular flexibility index (Phi) is 4.43. The van der Waals surface area contributed by atoms with Gasteiger partial charge >= 0.3 is 0 Å². The Bertz CT molecular complexity index is 169. The Hall–Kier alpha value is -0.370. The van der Waals surface area contributed by atoms with Crippen molar-refractivity contribution in [1.29, 1.82) is 0 Å². The maximum Gasteiger partial charge on any atom is 0.0874 e. The van der Waals surface area contributed by atoms with E-state index in [2.05, 4.69) is 18.7 Å². The molecule has 0 aromatic rings. The zero-order valence-corrected chi connectivity index (χ0v) is 8.72. The molecule has 0 radical (unpaired) electrons. The van der Waals surface area contributed by atoms with Gasteiger partial charge in [-0.3, -0.25) is 4.90 Å². The van der Waals surface area contributed by atoms with E-state index in [0.29, 0.717) is 5.92 Å². The molecule has 0 unspecified atom stereocenters. The minimum absolute atomic E-state index is 0.340. The van der Waals surface area contributed by atoms with E-state index in [1.807, 2.05) is 0 Å². The second-order valence-corrected chi connectivity index (χ2v) is 4.18. The number of nitrogens with zero attached hydrogens (tertiary/aromatic N) is 1. The highest BCUT2D eigenvalue weighted by Gasteiger charge is 2.13. The van der Waals surface area contributed by atoms with Gasteiger partial charge < -0.3 is 0 Å². The Labute approximate surface area is 80.6 Å². The van der Waals surface area contributed by atoms with Crippen LogP contribution in [0, 0.1) is 5.92 Å². The Morgan fingerprint density at radius 2 is 1.92 bits per heavy atom. The van der Waals surface area contributed by atoms with Crippen molar-refractivity contribution in [3.63, 3.8) is 0 Å². The third kappa shape index (κ3) is 3.47. The average Bonchev–Trinajstić information content (AvgIpc) is 2.15. The first kappa shape index (κ1) is 10.7. The van der Waals surface area contributed by atoms with Crippen LogP contribution in [-0.4, -0.2) is 24.5 Å². The van der Waals surface area contributed by atoms with Crippen molar-refractivity contribution in [1.82, 2.24) is 4.90 Å². The van der Waals surface area contributed by atoms with Crippen LogP contribution >= 0.6 is 0 Å². The summed E-state index contributed by atoms with van der Waals surface area (Å²) >= 11 is 0. The van der Waals surface area contributed by atoms with E-state index < -0.39 is 0 Å². The molecule has 0 aromatic heterocycles. The van der Waals surface area contributed by atoms with E-state index in [0.717, 1.165) is 31.5 Å². The highest BCUT2D eigenvalue weighted by molar-refractivity contribution is 5.03. The summed E-state index contributed by atoms with van der Waals surface area (Å²) in [7, 11) is 0. The first-order valence-corrected chi connectivity index (χ1v) is 5.25. The lowest BCUT2D eigenvalue weighted by Crippen LogP contribution is -2.32. The van der Waals surface area contributed by atoms with Crippen molar-refractivity contribution in [2.75, 3.05) is 19.6 Å². The number of piperidine rings is 1. The van der Waals surface area contributed by atoms with Crippen molar-refractivity contribution in [3.05, 3.63) is 11.9 Å². The van der Waals surface area contributed by atoms with E-state index in [4.69, 9.17) is 0 Å². The summed E-state index contributed by atoms with van der Waals surface area (Å²) in [5.41, 5.74) is 0.932. The minimum atomic E-state index is 0.340. The second kappa shape index (κ2) is 5.38. The molecule has 1 heterocycles. The lowest BCUT2D eigenvalue weighted by Gasteiger charge is -2.28. The summed E-state index contributed by atoms with van der Waals surface area (Å²) in [5.74, 6) is 0.340. The third-order valence-corrected chi connectivity index (χ3v) is 2.74. The van der Waals surface area contributed by atoms with E-state index >= 15 is 0 Å². The molecular weight excluding hydrogens is 165 g/mol. The Morgan fingerprint density at radius 1 is 1.31 bits per heavy atom. The molecule has 0 amide bonds. The van der Waals surface area contributed by atoms with E-state index in [1.54, 1.807) is 0 Å². The first-order chi connectivity index (χ1) is 6.24. The van der Waals surface area contributed by atoms with Crippen molar-refractivity contribution in [2.24, 2.45) is 5.92 Å². The van der Waals surface area contributed by atoms with Gasteiger partial charge in [0, 0.05) is 6.54 Å². The van der Waals surface area contributed by atoms with Gasteiger partial charge in [-0.2, -0.15) is 0 Å². The molecule has 0 atom stereocenters. The summed E-state index contributed by atoms with van der Waals surface area (Å²) in [5, 5.41) is 0. The van der Waals surface area contributed by atoms with Gasteiger partial charge in [0.25, 0.3) is 0 Å². The maximum absolute atomic E-state index is 12.5. The fourth-order valence-electron chi connectivity index (χ4n) is 1.72. The van der Waals surface area contributed by atoms with Gasteiger partial charge in [0.15, 0.2) is 0 Å². The molecule has 1 fully saturated rings. The molecule has 0 aromatic carbocycles. The summed E-state index contributed by atoms with van der Waals surface area (Å²) in [6, 6.07) is 0. The highest BCUT2D eigenvalue weighted by atomic mass is 19.1. The smallest absolute Gasteiger partial charge is 0.0874 e. The number of rotatable bonds is 3. The van der Waals surface area contributed by atoms with Gasteiger partial charge in [-0.05, 0) is 37.4 Å². The standard InChI is InChI=1S/C11H20FN/c1-10(2)11(8-12)9-13-6-4-3-5-7-13/h8,10H,3-7,9H2,1-2H3/b11-8+. The van der Waals surface area contributed by atoms with Gasteiger partial charge in [0.05, 0.1) is 6.33 Å². The fraction of sp³-hybridized carbons (Fsp3) is 0.818. The summed E-state index contributed by atoms with van der Waals surface area (Å²) in [6.45, 7) is 7.22. The fourth-order valence-corrected chi connectivity index (χ4v) is 1.72. The molecule has 1 aliphatic rings. The van der Waals surface area contributed by atoms with E-state index in [-0.39, 0.29) is 0 Å². The van der Waals surface area contributed by atoms with Crippen LogP contribution < -0.4 is 0 Å². The van der Waals surface area contributed by atoms with E-state index in [1.165, 1.54) is 19.3 Å². The molecule has 1 saturated heterocycles. The van der Waals surface area contributed by atoms with Crippen LogP contribution in [0.25, 0.3) is 0 Å². The maximum atomic E-state index is 12.5. The average molecular weight is 185 g/mol. The minimum Gasteiger partial charge on any atom is -0.299 e. The van der Waals surface area contributed by atoms with Crippen LogP contribution in [0.2, 0.25) is 0 Å². The van der Waals surface area contributed by atoms with E-state index in [9.17, 15) is 4.39 Å². The normalized spacial score (nSPS) is 21.1. The largest absolute Gasteiger partial charge is 0.299 e. The van der Waals surface area contributed by atoms with Gasteiger partial charge in [0.1, 0.15) is 0 Å². The molecule has 76 valence electrons. The van der Waals surface area contributed by atoms with Crippen molar-refractivity contribution in [2.45, 2.75) is 33.1 Å². The second-order valence-electron chi connectivity index (χ2n) is 4.18. The lowest BCUT2D eigenvalue weighted by molar-refractivity contribution is 0.240. The van der Waals surface area contributed by atoms with Crippen LogP contribution in [0.15, 0.2) is 11.9 Å². The molecule has 0 spiro atoms. The summed E-state index contributed by atoms with van der Waals surface area (Å²) in [6.07, 6.45) is 4.68. The number of halogens is 1. The molecule has 0 aliphatic carbocycles. The quantitative estimate of drug-likeness (QED) is 0.653. The zero-order chi connectivity index (χ0) is 9.68. The van der Waals surface area contributed by atoms with Gasteiger partial charge in [-0.1, -0.05) is 20.3 Å². The van der Waals surface area contributed by atoms with Crippen LogP contribution in [-0.2, 0) is 0 Å². The molecule has 1 rings (SSSR count). The molecule has 1 aliphatic heterocycles. The van der Waals surface area contributed by atoms with Crippen molar-refractivity contribution < 1.29 is 4.39 Å². The monoisotopic (exact) mass is 185 g/mol. The van der Waals surface area contributed by atoms with Crippen LogP contribution in [0.3, 0.4) is 0 Å².